The SMILES string of the molecule is O=C(NCC(c1ccc(C(F)(F)F)cc1)N1CCOCC1)c1sccc1C1CC1. The summed E-state index contributed by atoms with van der Waals surface area (Å²) in [5.41, 5.74) is 1.21. The van der Waals surface area contributed by atoms with E-state index in [1.807, 2.05) is 11.4 Å². The van der Waals surface area contributed by atoms with Crippen LogP contribution in [0, 0.1) is 0 Å². The van der Waals surface area contributed by atoms with Crippen LogP contribution >= 0.6 is 11.3 Å². The first-order chi connectivity index (χ1) is 13.9. The van der Waals surface area contributed by atoms with Gasteiger partial charge in [0.1, 0.15) is 0 Å². The molecule has 1 aromatic heterocycles. The Hall–Kier alpha value is -1.90. The van der Waals surface area contributed by atoms with Crippen LogP contribution in [0.25, 0.3) is 0 Å². The molecular formula is C21H23F3N2O2S. The molecule has 2 aromatic rings. The van der Waals surface area contributed by atoms with Gasteiger partial charge in [-0.15, -0.1) is 11.3 Å². The average Bonchev–Trinajstić information content (AvgIpc) is 3.44. The molecule has 4 nitrogen and oxygen atoms in total. The second-order valence-electron chi connectivity index (χ2n) is 7.47. The Bertz CT molecular complexity index is 840. The zero-order chi connectivity index (χ0) is 20.4. The summed E-state index contributed by atoms with van der Waals surface area (Å²) in [4.78, 5) is 15.7. The van der Waals surface area contributed by atoms with E-state index < -0.39 is 11.7 Å². The normalized spacial score (nSPS) is 19.1. The Morgan fingerprint density at radius 1 is 1.17 bits per heavy atom. The van der Waals surface area contributed by atoms with Gasteiger partial charge in [-0.1, -0.05) is 12.1 Å². The van der Waals surface area contributed by atoms with Crippen molar-refractivity contribution in [1.29, 1.82) is 0 Å². The van der Waals surface area contributed by atoms with Crippen LogP contribution in [0.3, 0.4) is 0 Å². The number of ether oxygens (including phenoxy) is 1. The van der Waals surface area contributed by atoms with Gasteiger partial charge in [0, 0.05) is 19.6 Å². The van der Waals surface area contributed by atoms with E-state index >= 15 is 0 Å². The largest absolute Gasteiger partial charge is 0.416 e. The highest BCUT2D eigenvalue weighted by Gasteiger charge is 2.32. The minimum atomic E-state index is -4.36. The lowest BCUT2D eigenvalue weighted by Crippen LogP contribution is -2.43. The molecule has 4 rings (SSSR count). The molecule has 1 N–H and O–H groups in total. The lowest BCUT2D eigenvalue weighted by molar-refractivity contribution is -0.137. The third-order valence-corrected chi connectivity index (χ3v) is 6.41. The van der Waals surface area contributed by atoms with Crippen LogP contribution in [0.5, 0.6) is 0 Å². The number of benzene rings is 1. The molecule has 1 saturated carbocycles. The lowest BCUT2D eigenvalue weighted by atomic mass is 10.0. The summed E-state index contributed by atoms with van der Waals surface area (Å²) < 4.78 is 44.1. The van der Waals surface area contributed by atoms with Crippen LogP contribution in [0.15, 0.2) is 35.7 Å². The maximum absolute atomic E-state index is 12.9. The number of nitrogens with one attached hydrogen (secondary N) is 1. The molecule has 1 atom stereocenters. The number of morpholine rings is 1. The van der Waals surface area contributed by atoms with E-state index in [0.717, 1.165) is 41.0 Å². The van der Waals surface area contributed by atoms with Crippen molar-refractivity contribution in [3.8, 4) is 0 Å². The van der Waals surface area contributed by atoms with Gasteiger partial charge in [-0.25, -0.2) is 0 Å². The molecule has 2 aliphatic rings. The number of hydrogen-bond donors (Lipinski definition) is 1. The van der Waals surface area contributed by atoms with E-state index in [-0.39, 0.29) is 11.9 Å². The minimum Gasteiger partial charge on any atom is -0.379 e. The zero-order valence-electron chi connectivity index (χ0n) is 15.9. The van der Waals surface area contributed by atoms with Gasteiger partial charge < -0.3 is 10.1 Å². The Kier molecular flexibility index (Phi) is 5.94. The van der Waals surface area contributed by atoms with Gasteiger partial charge in [-0.05, 0) is 53.5 Å². The molecule has 1 aliphatic carbocycles. The van der Waals surface area contributed by atoms with E-state index in [1.165, 1.54) is 23.5 Å². The van der Waals surface area contributed by atoms with Crippen LogP contribution in [-0.2, 0) is 10.9 Å². The first-order valence-electron chi connectivity index (χ1n) is 9.78. The summed E-state index contributed by atoms with van der Waals surface area (Å²) in [7, 11) is 0. The van der Waals surface area contributed by atoms with Crippen LogP contribution in [-0.4, -0.2) is 43.7 Å². The Labute approximate surface area is 171 Å². The molecule has 2 fully saturated rings. The van der Waals surface area contributed by atoms with Crippen LogP contribution in [0.1, 0.15) is 51.2 Å². The van der Waals surface area contributed by atoms with Gasteiger partial charge in [0.25, 0.3) is 5.91 Å². The molecule has 8 heteroatoms. The Balaban J connectivity index is 1.49. The molecule has 1 amide bonds. The highest BCUT2D eigenvalue weighted by Crippen LogP contribution is 2.43. The quantitative estimate of drug-likeness (QED) is 0.745. The number of carbonyl (C=O) groups is 1. The Morgan fingerprint density at radius 2 is 1.86 bits per heavy atom. The number of thiophene rings is 1. The maximum atomic E-state index is 12.9. The van der Waals surface area contributed by atoms with Gasteiger partial charge in [-0.3, -0.25) is 9.69 Å². The average molecular weight is 424 g/mol. The fourth-order valence-electron chi connectivity index (χ4n) is 3.73. The molecule has 29 heavy (non-hydrogen) atoms. The standard InChI is InChI=1S/C21H23F3N2O2S/c22-21(23,24)16-5-3-15(4-6-16)18(26-8-10-28-11-9-26)13-25-20(27)19-17(7-12-29-19)14-1-2-14/h3-7,12,14,18H,1-2,8-11,13H2,(H,25,27). The smallest absolute Gasteiger partial charge is 0.379 e. The van der Waals surface area contributed by atoms with Crippen molar-refractivity contribution < 1.29 is 22.7 Å². The second-order valence-corrected chi connectivity index (χ2v) is 8.39. The molecule has 0 bridgehead atoms. The van der Waals surface area contributed by atoms with E-state index in [4.69, 9.17) is 4.74 Å². The second kappa shape index (κ2) is 8.45. The molecule has 0 spiro atoms. The molecule has 0 radical (unpaired) electrons. The summed E-state index contributed by atoms with van der Waals surface area (Å²) in [6.07, 6.45) is -2.11. The third-order valence-electron chi connectivity index (χ3n) is 5.48. The Morgan fingerprint density at radius 3 is 2.48 bits per heavy atom. The maximum Gasteiger partial charge on any atom is 0.416 e. The first kappa shape index (κ1) is 20.4. The van der Waals surface area contributed by atoms with Gasteiger partial charge in [-0.2, -0.15) is 13.2 Å². The molecule has 2 heterocycles. The van der Waals surface area contributed by atoms with Crippen molar-refractivity contribution in [2.45, 2.75) is 31.0 Å². The van der Waals surface area contributed by atoms with Crippen LogP contribution in [0.2, 0.25) is 0 Å². The molecule has 1 aliphatic heterocycles. The number of alkyl halides is 3. The molecular weight excluding hydrogens is 401 g/mol. The van der Waals surface area contributed by atoms with Crippen molar-refractivity contribution in [1.82, 2.24) is 10.2 Å². The molecule has 1 saturated heterocycles. The van der Waals surface area contributed by atoms with Gasteiger partial charge in [0.2, 0.25) is 0 Å². The van der Waals surface area contributed by atoms with E-state index in [0.29, 0.717) is 38.8 Å². The predicted molar refractivity (Wildman–Crippen MR) is 105 cm³/mol. The number of halogens is 3. The van der Waals surface area contributed by atoms with Crippen molar-refractivity contribution in [2.75, 3.05) is 32.8 Å². The van der Waals surface area contributed by atoms with Crippen molar-refractivity contribution >= 4 is 17.2 Å². The summed E-state index contributed by atoms with van der Waals surface area (Å²) in [5.74, 6) is 0.388. The molecule has 1 unspecified atom stereocenters. The summed E-state index contributed by atoms with van der Waals surface area (Å²) >= 11 is 1.44. The molecule has 156 valence electrons. The highest BCUT2D eigenvalue weighted by atomic mass is 32.1. The number of hydrogen-bond acceptors (Lipinski definition) is 4. The van der Waals surface area contributed by atoms with Crippen LogP contribution < -0.4 is 5.32 Å². The lowest BCUT2D eigenvalue weighted by Gasteiger charge is -2.35. The summed E-state index contributed by atoms with van der Waals surface area (Å²) in [5, 5.41) is 4.96. The predicted octanol–water partition coefficient (Wildman–Crippen LogP) is 4.45. The van der Waals surface area contributed by atoms with E-state index in [9.17, 15) is 18.0 Å². The number of rotatable bonds is 6. The minimum absolute atomic E-state index is 0.105. The fourth-order valence-corrected chi connectivity index (χ4v) is 4.63. The van der Waals surface area contributed by atoms with E-state index in [2.05, 4.69) is 10.2 Å². The number of nitrogens with zero attached hydrogens (tertiary/aromatic N) is 1. The first-order valence-corrected chi connectivity index (χ1v) is 10.7. The number of carbonyl (C=O) groups excluding carboxylic acids is 1. The van der Waals surface area contributed by atoms with Crippen LogP contribution in [0.4, 0.5) is 13.2 Å². The summed E-state index contributed by atoms with van der Waals surface area (Å²) in [6.45, 7) is 2.83. The molecule has 1 aromatic carbocycles. The van der Waals surface area contributed by atoms with Gasteiger partial charge in [0.15, 0.2) is 0 Å². The van der Waals surface area contributed by atoms with Crippen molar-refractivity contribution in [3.63, 3.8) is 0 Å². The van der Waals surface area contributed by atoms with Crippen molar-refractivity contribution in [2.24, 2.45) is 0 Å². The topological polar surface area (TPSA) is 41.6 Å². The van der Waals surface area contributed by atoms with Gasteiger partial charge >= 0.3 is 6.18 Å². The zero-order valence-corrected chi connectivity index (χ0v) is 16.7. The fraction of sp³-hybridized carbons (Fsp3) is 0.476. The number of amides is 1. The monoisotopic (exact) mass is 424 g/mol. The highest BCUT2D eigenvalue weighted by molar-refractivity contribution is 7.12. The summed E-state index contributed by atoms with van der Waals surface area (Å²) in [6, 6.07) is 7.05. The van der Waals surface area contributed by atoms with E-state index in [1.54, 1.807) is 0 Å². The third kappa shape index (κ3) is 4.82. The van der Waals surface area contributed by atoms with Crippen molar-refractivity contribution in [3.05, 3.63) is 57.3 Å². The van der Waals surface area contributed by atoms with Gasteiger partial charge in [0.05, 0.1) is 29.7 Å².